The van der Waals surface area contributed by atoms with E-state index in [1.807, 2.05) is 20.8 Å². The van der Waals surface area contributed by atoms with E-state index in [-0.39, 0.29) is 36.5 Å². The lowest BCUT2D eigenvalue weighted by Gasteiger charge is -2.32. The average Bonchev–Trinajstić information content (AvgIpc) is 3.15. The van der Waals surface area contributed by atoms with Crippen LogP contribution in [0.3, 0.4) is 0 Å². The predicted molar refractivity (Wildman–Crippen MR) is 76.3 cm³/mol. The van der Waals surface area contributed by atoms with Gasteiger partial charge in [-0.25, -0.2) is 0 Å². The molecule has 0 amide bonds. The lowest BCUT2D eigenvalue weighted by atomic mass is 9.69. The van der Waals surface area contributed by atoms with Gasteiger partial charge in [0.05, 0.1) is 23.7 Å². The second kappa shape index (κ2) is 4.56. The first-order chi connectivity index (χ1) is 9.94. The number of hydrogen-bond donors (Lipinski definition) is 0. The third-order valence-corrected chi connectivity index (χ3v) is 5.60. The lowest BCUT2D eigenvalue weighted by Crippen LogP contribution is -2.40. The normalized spacial score (nSPS) is 46.1. The Bertz CT molecular complexity index is 478. The summed E-state index contributed by atoms with van der Waals surface area (Å²) in [7, 11) is 0. The molecule has 2 aliphatic heterocycles. The number of ether oxygens (including phenoxy) is 3. The van der Waals surface area contributed by atoms with Crippen LogP contribution in [0.1, 0.15) is 33.6 Å². The highest BCUT2D eigenvalue weighted by molar-refractivity contribution is 5.74. The Labute approximate surface area is 125 Å². The summed E-state index contributed by atoms with van der Waals surface area (Å²) in [6, 6.07) is 0. The van der Waals surface area contributed by atoms with Crippen molar-refractivity contribution in [2.24, 2.45) is 29.6 Å². The standard InChI is InChI=1S/C17H24O4/c1-17(2,3)20-8-19-16(18)11-7-12-13-9-4-5-10(6-9)14(13)15(11)21-12/h4-5,9-15H,6-8H2,1-3H3. The third-order valence-electron chi connectivity index (χ3n) is 5.60. The van der Waals surface area contributed by atoms with Gasteiger partial charge in [-0.1, -0.05) is 12.2 Å². The summed E-state index contributed by atoms with van der Waals surface area (Å²) in [5.74, 6) is 2.27. The van der Waals surface area contributed by atoms with Crippen molar-refractivity contribution in [1.82, 2.24) is 0 Å². The second-order valence-corrected chi connectivity index (χ2v) is 7.92. The van der Waals surface area contributed by atoms with Gasteiger partial charge in [-0.05, 0) is 57.3 Å². The van der Waals surface area contributed by atoms with Crippen LogP contribution in [0.4, 0.5) is 0 Å². The molecule has 2 heterocycles. The van der Waals surface area contributed by atoms with Gasteiger partial charge in [-0.2, -0.15) is 0 Å². The molecule has 2 aliphatic carbocycles. The molecule has 0 radical (unpaired) electrons. The Hall–Kier alpha value is -0.870. The van der Waals surface area contributed by atoms with Crippen LogP contribution in [-0.4, -0.2) is 30.6 Å². The SMILES string of the molecule is CC(C)(C)OCOC(=O)C1CC2OC1C1C3C=CC(C3)C21. The highest BCUT2D eigenvalue weighted by Gasteiger charge is 2.64. The molecule has 4 rings (SSSR count). The Balaban J connectivity index is 1.38. The number of carbonyl (C=O) groups is 1. The molecule has 2 saturated heterocycles. The molecule has 4 nitrogen and oxygen atoms in total. The average molecular weight is 292 g/mol. The Kier molecular flexibility index (Phi) is 2.99. The van der Waals surface area contributed by atoms with E-state index in [2.05, 4.69) is 12.2 Å². The molecule has 1 saturated carbocycles. The Morgan fingerprint density at radius 2 is 1.90 bits per heavy atom. The van der Waals surface area contributed by atoms with E-state index in [1.54, 1.807) is 0 Å². The van der Waals surface area contributed by atoms with E-state index in [4.69, 9.17) is 14.2 Å². The van der Waals surface area contributed by atoms with Crippen LogP contribution < -0.4 is 0 Å². The molecule has 0 N–H and O–H groups in total. The van der Waals surface area contributed by atoms with E-state index < -0.39 is 0 Å². The first-order valence-corrected chi connectivity index (χ1v) is 8.08. The van der Waals surface area contributed by atoms with Gasteiger partial charge >= 0.3 is 5.97 Å². The Morgan fingerprint density at radius 1 is 1.19 bits per heavy atom. The molecular weight excluding hydrogens is 268 g/mol. The van der Waals surface area contributed by atoms with Crippen molar-refractivity contribution in [2.45, 2.75) is 51.4 Å². The van der Waals surface area contributed by atoms with Crippen LogP contribution >= 0.6 is 0 Å². The van der Waals surface area contributed by atoms with Crippen molar-refractivity contribution in [3.8, 4) is 0 Å². The molecule has 4 aliphatic rings. The number of esters is 1. The van der Waals surface area contributed by atoms with Crippen molar-refractivity contribution in [3.63, 3.8) is 0 Å². The van der Waals surface area contributed by atoms with E-state index in [1.165, 1.54) is 6.42 Å². The van der Waals surface area contributed by atoms with Gasteiger partial charge < -0.3 is 14.2 Å². The molecule has 3 fully saturated rings. The molecule has 116 valence electrons. The first-order valence-electron chi connectivity index (χ1n) is 8.08. The van der Waals surface area contributed by atoms with Gasteiger partial charge in [0.1, 0.15) is 0 Å². The summed E-state index contributed by atoms with van der Waals surface area (Å²) < 4.78 is 16.9. The van der Waals surface area contributed by atoms with Crippen LogP contribution in [0.15, 0.2) is 12.2 Å². The smallest absolute Gasteiger partial charge is 0.313 e. The topological polar surface area (TPSA) is 44.8 Å². The van der Waals surface area contributed by atoms with Crippen LogP contribution in [0, 0.1) is 29.6 Å². The van der Waals surface area contributed by atoms with Crippen LogP contribution in [-0.2, 0) is 19.0 Å². The van der Waals surface area contributed by atoms with Crippen molar-refractivity contribution >= 4 is 5.97 Å². The lowest BCUT2D eigenvalue weighted by molar-refractivity contribution is -0.174. The van der Waals surface area contributed by atoms with Crippen molar-refractivity contribution in [2.75, 3.05) is 6.79 Å². The maximum absolute atomic E-state index is 12.3. The van der Waals surface area contributed by atoms with Crippen LogP contribution in [0.5, 0.6) is 0 Å². The zero-order valence-electron chi connectivity index (χ0n) is 13.0. The number of fused-ring (bicyclic) bond motifs is 9. The fourth-order valence-corrected chi connectivity index (χ4v) is 4.83. The fourth-order valence-electron chi connectivity index (χ4n) is 4.83. The molecular formula is C17H24O4. The summed E-state index contributed by atoms with van der Waals surface area (Å²) in [4.78, 5) is 12.3. The number of carbonyl (C=O) groups excluding carboxylic acids is 1. The minimum absolute atomic E-state index is 0.0380. The molecule has 0 spiro atoms. The van der Waals surface area contributed by atoms with E-state index >= 15 is 0 Å². The minimum atomic E-state index is -0.286. The maximum atomic E-state index is 12.3. The van der Waals surface area contributed by atoms with E-state index in [0.717, 1.165) is 6.42 Å². The van der Waals surface area contributed by atoms with Crippen molar-refractivity contribution in [3.05, 3.63) is 12.2 Å². The summed E-state index contributed by atoms with van der Waals surface area (Å²) in [5.41, 5.74) is -0.286. The van der Waals surface area contributed by atoms with Crippen LogP contribution in [0.25, 0.3) is 0 Å². The molecule has 4 bridgehead atoms. The molecule has 0 aromatic carbocycles. The summed E-state index contributed by atoms with van der Waals surface area (Å²) >= 11 is 0. The Morgan fingerprint density at radius 3 is 2.62 bits per heavy atom. The van der Waals surface area contributed by atoms with Gasteiger partial charge in [0.15, 0.2) is 6.79 Å². The van der Waals surface area contributed by atoms with Gasteiger partial charge in [0.25, 0.3) is 0 Å². The maximum Gasteiger partial charge on any atom is 0.313 e. The third kappa shape index (κ3) is 2.15. The molecule has 7 unspecified atom stereocenters. The van der Waals surface area contributed by atoms with E-state index in [9.17, 15) is 4.79 Å². The molecule has 4 heteroatoms. The second-order valence-electron chi connectivity index (χ2n) is 7.92. The summed E-state index contributed by atoms with van der Waals surface area (Å²) in [5, 5.41) is 0. The summed E-state index contributed by atoms with van der Waals surface area (Å²) in [6.45, 7) is 5.89. The monoisotopic (exact) mass is 292 g/mol. The molecule has 0 aromatic heterocycles. The zero-order valence-corrected chi connectivity index (χ0v) is 13.0. The van der Waals surface area contributed by atoms with Gasteiger partial charge in [0, 0.05) is 0 Å². The number of hydrogen-bond acceptors (Lipinski definition) is 4. The number of allylic oxidation sites excluding steroid dienone is 2. The molecule has 21 heavy (non-hydrogen) atoms. The van der Waals surface area contributed by atoms with Gasteiger partial charge in [-0.15, -0.1) is 0 Å². The highest BCUT2D eigenvalue weighted by atomic mass is 16.7. The van der Waals surface area contributed by atoms with Crippen molar-refractivity contribution in [1.29, 1.82) is 0 Å². The van der Waals surface area contributed by atoms with Gasteiger partial charge in [-0.3, -0.25) is 4.79 Å². The quantitative estimate of drug-likeness (QED) is 0.455. The molecule has 7 atom stereocenters. The predicted octanol–water partition coefficient (Wildman–Crippen LogP) is 2.53. The first kappa shape index (κ1) is 13.8. The zero-order chi connectivity index (χ0) is 14.8. The molecule has 0 aromatic rings. The minimum Gasteiger partial charge on any atom is -0.438 e. The number of rotatable bonds is 3. The largest absolute Gasteiger partial charge is 0.438 e. The fraction of sp³-hybridized carbons (Fsp3) is 0.824. The summed E-state index contributed by atoms with van der Waals surface area (Å²) in [6.07, 6.45) is 7.13. The highest BCUT2D eigenvalue weighted by Crippen LogP contribution is 2.61. The van der Waals surface area contributed by atoms with Crippen molar-refractivity contribution < 1.29 is 19.0 Å². The van der Waals surface area contributed by atoms with Gasteiger partial charge in [0.2, 0.25) is 0 Å². The van der Waals surface area contributed by atoms with Crippen LogP contribution in [0.2, 0.25) is 0 Å². The van der Waals surface area contributed by atoms with E-state index in [0.29, 0.717) is 23.7 Å².